The first-order valence-corrected chi connectivity index (χ1v) is 6.60. The summed E-state index contributed by atoms with van der Waals surface area (Å²) in [7, 11) is 0. The van der Waals surface area contributed by atoms with Gasteiger partial charge in [0.2, 0.25) is 0 Å². The third-order valence-corrected chi connectivity index (χ3v) is 3.92. The molecule has 18 heavy (non-hydrogen) atoms. The van der Waals surface area contributed by atoms with E-state index in [1.165, 1.54) is 12.8 Å². The van der Waals surface area contributed by atoms with Crippen molar-refractivity contribution in [2.45, 2.75) is 38.8 Å². The molecular weight excluding hydrogens is 232 g/mol. The zero-order valence-electron chi connectivity index (χ0n) is 10.4. The van der Waals surface area contributed by atoms with Gasteiger partial charge < -0.3 is 9.67 Å². The van der Waals surface area contributed by atoms with Crippen LogP contribution >= 0.6 is 0 Å². The van der Waals surface area contributed by atoms with Gasteiger partial charge in [0, 0.05) is 19.5 Å². The van der Waals surface area contributed by atoms with E-state index in [1.54, 1.807) is 0 Å². The predicted molar refractivity (Wildman–Crippen MR) is 64.0 cm³/mol. The van der Waals surface area contributed by atoms with Crippen molar-refractivity contribution in [1.82, 2.24) is 19.7 Å². The molecule has 0 bridgehead atoms. The van der Waals surface area contributed by atoms with E-state index in [0.29, 0.717) is 6.54 Å². The Morgan fingerprint density at radius 2 is 2.22 bits per heavy atom. The number of aliphatic carboxylic acids is 1. The third-order valence-electron chi connectivity index (χ3n) is 3.92. The lowest BCUT2D eigenvalue weighted by Gasteiger charge is -2.18. The molecule has 0 radical (unpaired) electrons. The van der Waals surface area contributed by atoms with E-state index in [1.807, 2.05) is 0 Å². The van der Waals surface area contributed by atoms with Gasteiger partial charge >= 0.3 is 5.97 Å². The second-order valence-corrected chi connectivity index (χ2v) is 5.20. The third kappa shape index (κ3) is 2.12. The number of aryl methyl sites for hydroxylation is 1. The van der Waals surface area contributed by atoms with E-state index in [-0.39, 0.29) is 5.92 Å². The number of nitrogens with zero attached hydrogens (tertiary/aromatic N) is 4. The van der Waals surface area contributed by atoms with E-state index in [2.05, 4.69) is 19.7 Å². The number of carboxylic acid groups (broad SMARTS) is 1. The SMILES string of the molecule is O=C(O)C1CCN(Cc2nnc3n2CCCC3)C1. The first-order valence-electron chi connectivity index (χ1n) is 6.60. The number of fused-ring (bicyclic) bond motifs is 1. The predicted octanol–water partition coefficient (Wildman–Crippen LogP) is 0.521. The Balaban J connectivity index is 1.67. The number of aromatic nitrogens is 3. The average molecular weight is 250 g/mol. The molecule has 1 fully saturated rings. The molecule has 1 atom stereocenters. The van der Waals surface area contributed by atoms with Gasteiger partial charge in [-0.1, -0.05) is 0 Å². The van der Waals surface area contributed by atoms with Crippen LogP contribution in [0.15, 0.2) is 0 Å². The molecule has 0 amide bonds. The minimum absolute atomic E-state index is 0.214. The molecule has 6 heteroatoms. The van der Waals surface area contributed by atoms with Crippen LogP contribution in [0.2, 0.25) is 0 Å². The zero-order valence-corrected chi connectivity index (χ0v) is 10.4. The molecule has 1 unspecified atom stereocenters. The van der Waals surface area contributed by atoms with Gasteiger partial charge in [0.25, 0.3) is 0 Å². The molecule has 0 aliphatic carbocycles. The average Bonchev–Trinajstić information content (AvgIpc) is 2.98. The maximum Gasteiger partial charge on any atom is 0.307 e. The number of hydrogen-bond donors (Lipinski definition) is 1. The molecule has 3 heterocycles. The Morgan fingerprint density at radius 3 is 3.00 bits per heavy atom. The monoisotopic (exact) mass is 250 g/mol. The normalized spacial score (nSPS) is 24.1. The fourth-order valence-corrected chi connectivity index (χ4v) is 2.86. The van der Waals surface area contributed by atoms with Crippen LogP contribution in [0.4, 0.5) is 0 Å². The Morgan fingerprint density at radius 1 is 1.33 bits per heavy atom. The van der Waals surface area contributed by atoms with Gasteiger partial charge in [-0.15, -0.1) is 10.2 Å². The van der Waals surface area contributed by atoms with E-state index in [0.717, 1.165) is 44.1 Å². The van der Waals surface area contributed by atoms with Crippen molar-refractivity contribution < 1.29 is 9.90 Å². The fourth-order valence-electron chi connectivity index (χ4n) is 2.86. The fraction of sp³-hybridized carbons (Fsp3) is 0.750. The van der Waals surface area contributed by atoms with Crippen molar-refractivity contribution >= 4 is 5.97 Å². The number of rotatable bonds is 3. The van der Waals surface area contributed by atoms with Gasteiger partial charge in [0.05, 0.1) is 12.5 Å². The summed E-state index contributed by atoms with van der Waals surface area (Å²) in [6, 6.07) is 0. The minimum Gasteiger partial charge on any atom is -0.481 e. The summed E-state index contributed by atoms with van der Waals surface area (Å²) >= 11 is 0. The number of likely N-dealkylation sites (tertiary alicyclic amines) is 1. The Hall–Kier alpha value is -1.43. The summed E-state index contributed by atoms with van der Waals surface area (Å²) in [6.07, 6.45) is 4.15. The molecule has 0 aromatic carbocycles. The maximum absolute atomic E-state index is 10.9. The number of hydrogen-bond acceptors (Lipinski definition) is 4. The summed E-state index contributed by atoms with van der Waals surface area (Å²) in [4.78, 5) is 13.1. The summed E-state index contributed by atoms with van der Waals surface area (Å²) < 4.78 is 2.21. The standard InChI is InChI=1S/C12H18N4O2/c17-12(18)9-4-6-15(7-9)8-11-14-13-10-3-1-2-5-16(10)11/h9H,1-8H2,(H,17,18). The van der Waals surface area contributed by atoms with Crippen LogP contribution in [0.1, 0.15) is 30.9 Å². The second kappa shape index (κ2) is 4.68. The largest absolute Gasteiger partial charge is 0.481 e. The highest BCUT2D eigenvalue weighted by Crippen LogP contribution is 2.20. The van der Waals surface area contributed by atoms with Crippen LogP contribution < -0.4 is 0 Å². The van der Waals surface area contributed by atoms with Gasteiger partial charge in [-0.2, -0.15) is 0 Å². The van der Waals surface area contributed by atoms with Crippen molar-refractivity contribution in [3.05, 3.63) is 11.6 Å². The molecule has 3 rings (SSSR count). The molecule has 1 aromatic heterocycles. The summed E-state index contributed by atoms with van der Waals surface area (Å²) in [5, 5.41) is 17.5. The van der Waals surface area contributed by atoms with Gasteiger partial charge in [0.1, 0.15) is 11.6 Å². The summed E-state index contributed by atoms with van der Waals surface area (Å²) in [5.41, 5.74) is 0. The Bertz CT molecular complexity index is 457. The van der Waals surface area contributed by atoms with Gasteiger partial charge in [-0.25, -0.2) is 0 Å². The molecule has 0 spiro atoms. The molecule has 2 aliphatic rings. The first kappa shape index (κ1) is 11.6. The van der Waals surface area contributed by atoms with Gasteiger partial charge in [-0.05, 0) is 25.8 Å². The van der Waals surface area contributed by atoms with Crippen molar-refractivity contribution in [2.75, 3.05) is 13.1 Å². The molecule has 98 valence electrons. The summed E-state index contributed by atoms with van der Waals surface area (Å²) in [6.45, 7) is 3.22. The molecule has 1 aromatic rings. The second-order valence-electron chi connectivity index (χ2n) is 5.20. The van der Waals surface area contributed by atoms with Crippen LogP contribution in [0.5, 0.6) is 0 Å². The van der Waals surface area contributed by atoms with Gasteiger partial charge in [0.15, 0.2) is 0 Å². The summed E-state index contributed by atoms with van der Waals surface area (Å²) in [5.74, 6) is 1.19. The van der Waals surface area contributed by atoms with Crippen LogP contribution in [0.25, 0.3) is 0 Å². The topological polar surface area (TPSA) is 71.2 Å². The molecule has 1 N–H and O–H groups in total. The Labute approximate surface area is 106 Å². The highest BCUT2D eigenvalue weighted by Gasteiger charge is 2.29. The lowest BCUT2D eigenvalue weighted by molar-refractivity contribution is -0.141. The minimum atomic E-state index is -0.680. The smallest absolute Gasteiger partial charge is 0.307 e. The van der Waals surface area contributed by atoms with Crippen LogP contribution in [0.3, 0.4) is 0 Å². The van der Waals surface area contributed by atoms with Crippen molar-refractivity contribution in [3.8, 4) is 0 Å². The molecule has 2 aliphatic heterocycles. The Kier molecular flexibility index (Phi) is 3.03. The van der Waals surface area contributed by atoms with E-state index >= 15 is 0 Å². The lowest BCUT2D eigenvalue weighted by atomic mass is 10.1. The molecule has 0 saturated carbocycles. The lowest BCUT2D eigenvalue weighted by Crippen LogP contribution is -2.25. The number of carboxylic acids is 1. The molecule has 1 saturated heterocycles. The van der Waals surface area contributed by atoms with Crippen LogP contribution in [0, 0.1) is 5.92 Å². The van der Waals surface area contributed by atoms with Crippen molar-refractivity contribution in [2.24, 2.45) is 5.92 Å². The van der Waals surface area contributed by atoms with Crippen molar-refractivity contribution in [3.63, 3.8) is 0 Å². The van der Waals surface area contributed by atoms with E-state index < -0.39 is 5.97 Å². The molecule has 6 nitrogen and oxygen atoms in total. The van der Waals surface area contributed by atoms with E-state index in [4.69, 9.17) is 5.11 Å². The quantitative estimate of drug-likeness (QED) is 0.847. The van der Waals surface area contributed by atoms with E-state index in [9.17, 15) is 4.79 Å². The zero-order chi connectivity index (χ0) is 12.5. The highest BCUT2D eigenvalue weighted by atomic mass is 16.4. The van der Waals surface area contributed by atoms with Gasteiger partial charge in [-0.3, -0.25) is 9.69 Å². The van der Waals surface area contributed by atoms with Crippen LogP contribution in [-0.4, -0.2) is 43.8 Å². The first-order chi connectivity index (χ1) is 8.74. The highest BCUT2D eigenvalue weighted by molar-refractivity contribution is 5.70. The number of carbonyl (C=O) groups is 1. The van der Waals surface area contributed by atoms with Crippen molar-refractivity contribution in [1.29, 1.82) is 0 Å². The molecular formula is C12H18N4O2. The maximum atomic E-state index is 10.9. The van der Waals surface area contributed by atoms with Crippen LogP contribution in [-0.2, 0) is 24.3 Å².